The van der Waals surface area contributed by atoms with Gasteiger partial charge in [-0.3, -0.25) is 9.59 Å². The molecular weight excluding hydrogens is 232 g/mol. The summed E-state index contributed by atoms with van der Waals surface area (Å²) in [6.07, 6.45) is 0.894. The molecule has 3 N–H and O–H groups in total. The molecule has 1 atom stereocenters. The first-order valence-electron chi connectivity index (χ1n) is 6.38. The van der Waals surface area contributed by atoms with Crippen LogP contribution in [-0.4, -0.2) is 36.1 Å². The zero-order chi connectivity index (χ0) is 14.3. The van der Waals surface area contributed by atoms with E-state index < -0.39 is 11.5 Å². The van der Waals surface area contributed by atoms with Gasteiger partial charge < -0.3 is 15.7 Å². The van der Waals surface area contributed by atoms with E-state index in [0.29, 0.717) is 12.5 Å². The third kappa shape index (κ3) is 6.59. The zero-order valence-electron chi connectivity index (χ0n) is 12.0. The van der Waals surface area contributed by atoms with Gasteiger partial charge in [0.15, 0.2) is 0 Å². The maximum absolute atomic E-state index is 11.9. The number of carboxylic acid groups (broad SMARTS) is 1. The second kappa shape index (κ2) is 7.36. The highest BCUT2D eigenvalue weighted by atomic mass is 16.4. The maximum Gasteiger partial charge on any atom is 0.303 e. The summed E-state index contributed by atoms with van der Waals surface area (Å²) >= 11 is 0. The summed E-state index contributed by atoms with van der Waals surface area (Å²) in [5.74, 6) is -0.519. The van der Waals surface area contributed by atoms with Crippen molar-refractivity contribution in [2.24, 2.45) is 11.8 Å². The second-order valence-electron chi connectivity index (χ2n) is 5.68. The number of aliphatic carboxylic acids is 1. The van der Waals surface area contributed by atoms with E-state index in [1.54, 1.807) is 20.9 Å². The number of hydrogen-bond donors (Lipinski definition) is 3. The van der Waals surface area contributed by atoms with Crippen molar-refractivity contribution in [2.75, 3.05) is 13.6 Å². The SMILES string of the molecule is CNC(C)(C)C(=O)NC[C@H](CC(=O)O)CC(C)C. The van der Waals surface area contributed by atoms with Crippen molar-refractivity contribution in [1.82, 2.24) is 10.6 Å². The molecule has 5 heteroatoms. The summed E-state index contributed by atoms with van der Waals surface area (Å²) in [6.45, 7) is 8.09. The van der Waals surface area contributed by atoms with Gasteiger partial charge in [0, 0.05) is 13.0 Å². The fourth-order valence-electron chi connectivity index (χ4n) is 1.72. The van der Waals surface area contributed by atoms with Crippen LogP contribution in [0.2, 0.25) is 0 Å². The first kappa shape index (κ1) is 16.9. The Bertz CT molecular complexity index is 288. The highest BCUT2D eigenvalue weighted by Crippen LogP contribution is 2.15. The lowest BCUT2D eigenvalue weighted by Gasteiger charge is -2.25. The lowest BCUT2D eigenvalue weighted by Crippen LogP contribution is -2.52. The van der Waals surface area contributed by atoms with Crippen LogP contribution in [0.4, 0.5) is 0 Å². The molecule has 0 aromatic rings. The molecule has 0 saturated heterocycles. The summed E-state index contributed by atoms with van der Waals surface area (Å²) in [7, 11) is 1.72. The average molecular weight is 258 g/mol. The molecule has 0 aromatic heterocycles. The second-order valence-corrected chi connectivity index (χ2v) is 5.68. The predicted molar refractivity (Wildman–Crippen MR) is 71.3 cm³/mol. The van der Waals surface area contributed by atoms with Crippen LogP contribution < -0.4 is 10.6 Å². The minimum Gasteiger partial charge on any atom is -0.481 e. The normalized spacial score (nSPS) is 13.4. The molecule has 0 bridgehead atoms. The van der Waals surface area contributed by atoms with Crippen LogP contribution in [0.3, 0.4) is 0 Å². The van der Waals surface area contributed by atoms with Gasteiger partial charge in [0.2, 0.25) is 5.91 Å². The van der Waals surface area contributed by atoms with Crippen molar-refractivity contribution < 1.29 is 14.7 Å². The van der Waals surface area contributed by atoms with Crippen LogP contribution in [0, 0.1) is 11.8 Å². The summed E-state index contributed by atoms with van der Waals surface area (Å²) < 4.78 is 0. The molecule has 18 heavy (non-hydrogen) atoms. The Morgan fingerprint density at radius 2 is 1.83 bits per heavy atom. The molecule has 0 aliphatic carbocycles. The van der Waals surface area contributed by atoms with E-state index in [0.717, 1.165) is 6.42 Å². The summed E-state index contributed by atoms with van der Waals surface area (Å²) in [5.41, 5.74) is -0.633. The van der Waals surface area contributed by atoms with Gasteiger partial charge in [-0.1, -0.05) is 13.8 Å². The van der Waals surface area contributed by atoms with E-state index in [1.165, 1.54) is 0 Å². The Kier molecular flexibility index (Phi) is 6.91. The van der Waals surface area contributed by atoms with Gasteiger partial charge in [-0.15, -0.1) is 0 Å². The largest absolute Gasteiger partial charge is 0.481 e. The van der Waals surface area contributed by atoms with Gasteiger partial charge in [0.25, 0.3) is 0 Å². The Morgan fingerprint density at radius 3 is 2.22 bits per heavy atom. The van der Waals surface area contributed by atoms with Crippen molar-refractivity contribution in [2.45, 2.75) is 46.1 Å². The third-order valence-electron chi connectivity index (χ3n) is 3.01. The number of hydrogen-bond acceptors (Lipinski definition) is 3. The van der Waals surface area contributed by atoms with E-state index in [2.05, 4.69) is 10.6 Å². The standard InChI is InChI=1S/C13H26N2O3/c1-9(2)6-10(7-11(16)17)8-15-12(18)13(3,4)14-5/h9-10,14H,6-8H2,1-5H3,(H,15,18)(H,16,17)/t10-/m0/s1. The van der Waals surface area contributed by atoms with Crippen molar-refractivity contribution in [3.63, 3.8) is 0 Å². The van der Waals surface area contributed by atoms with Crippen LogP contribution in [0.1, 0.15) is 40.5 Å². The Balaban J connectivity index is 4.34. The molecule has 0 aliphatic heterocycles. The number of amides is 1. The molecular formula is C13H26N2O3. The molecule has 0 unspecified atom stereocenters. The summed E-state index contributed by atoms with van der Waals surface area (Å²) in [6, 6.07) is 0. The zero-order valence-corrected chi connectivity index (χ0v) is 12.0. The molecule has 0 aliphatic rings. The van der Waals surface area contributed by atoms with Crippen LogP contribution in [0.5, 0.6) is 0 Å². The van der Waals surface area contributed by atoms with E-state index in [4.69, 9.17) is 5.11 Å². The predicted octanol–water partition coefficient (Wildman–Crippen LogP) is 1.24. The fourth-order valence-corrected chi connectivity index (χ4v) is 1.72. The molecule has 0 spiro atoms. The number of carbonyl (C=O) groups excluding carboxylic acids is 1. The first-order chi connectivity index (χ1) is 8.19. The smallest absolute Gasteiger partial charge is 0.303 e. The number of carbonyl (C=O) groups is 2. The highest BCUT2D eigenvalue weighted by Gasteiger charge is 2.26. The van der Waals surface area contributed by atoms with Gasteiger partial charge in [0.05, 0.1) is 5.54 Å². The molecule has 0 saturated carbocycles. The summed E-state index contributed by atoms with van der Waals surface area (Å²) in [5, 5.41) is 14.6. The van der Waals surface area contributed by atoms with E-state index in [1.807, 2.05) is 13.8 Å². The van der Waals surface area contributed by atoms with Gasteiger partial charge in [-0.25, -0.2) is 0 Å². The van der Waals surface area contributed by atoms with E-state index in [-0.39, 0.29) is 18.2 Å². The van der Waals surface area contributed by atoms with Gasteiger partial charge in [-0.2, -0.15) is 0 Å². The lowest BCUT2D eigenvalue weighted by atomic mass is 9.93. The highest BCUT2D eigenvalue weighted by molar-refractivity contribution is 5.85. The van der Waals surface area contributed by atoms with Crippen molar-refractivity contribution in [3.05, 3.63) is 0 Å². The summed E-state index contributed by atoms with van der Waals surface area (Å²) in [4.78, 5) is 22.6. The number of rotatable bonds is 8. The molecule has 0 rings (SSSR count). The third-order valence-corrected chi connectivity index (χ3v) is 3.01. The van der Waals surface area contributed by atoms with Crippen molar-refractivity contribution >= 4 is 11.9 Å². The number of carboxylic acids is 1. The van der Waals surface area contributed by atoms with Crippen molar-refractivity contribution in [1.29, 1.82) is 0 Å². The first-order valence-corrected chi connectivity index (χ1v) is 6.38. The fraction of sp³-hybridized carbons (Fsp3) is 0.846. The monoisotopic (exact) mass is 258 g/mol. The van der Waals surface area contributed by atoms with Crippen molar-refractivity contribution in [3.8, 4) is 0 Å². The average Bonchev–Trinajstić information content (AvgIpc) is 2.23. The van der Waals surface area contributed by atoms with Gasteiger partial charge >= 0.3 is 5.97 Å². The molecule has 0 fully saturated rings. The lowest BCUT2D eigenvalue weighted by molar-refractivity contribution is -0.138. The van der Waals surface area contributed by atoms with Gasteiger partial charge in [-0.05, 0) is 39.2 Å². The van der Waals surface area contributed by atoms with Crippen LogP contribution >= 0.6 is 0 Å². The van der Waals surface area contributed by atoms with E-state index in [9.17, 15) is 9.59 Å². The van der Waals surface area contributed by atoms with Crippen LogP contribution in [0.25, 0.3) is 0 Å². The molecule has 0 aromatic carbocycles. The maximum atomic E-state index is 11.9. The molecule has 5 nitrogen and oxygen atoms in total. The number of likely N-dealkylation sites (N-methyl/N-ethyl adjacent to an activating group) is 1. The molecule has 0 heterocycles. The van der Waals surface area contributed by atoms with E-state index >= 15 is 0 Å². The Hall–Kier alpha value is -1.10. The van der Waals surface area contributed by atoms with Crippen LogP contribution in [-0.2, 0) is 9.59 Å². The minimum absolute atomic E-state index is 0.0147. The molecule has 1 amide bonds. The molecule has 0 radical (unpaired) electrons. The quantitative estimate of drug-likeness (QED) is 0.612. The topological polar surface area (TPSA) is 78.4 Å². The number of nitrogens with one attached hydrogen (secondary N) is 2. The minimum atomic E-state index is -0.817. The van der Waals surface area contributed by atoms with Crippen LogP contribution in [0.15, 0.2) is 0 Å². The Morgan fingerprint density at radius 1 is 1.28 bits per heavy atom. The van der Waals surface area contributed by atoms with Gasteiger partial charge in [0.1, 0.15) is 0 Å². The molecule has 106 valence electrons. The Labute approximate surface area is 109 Å².